The summed E-state index contributed by atoms with van der Waals surface area (Å²) in [5, 5.41) is 3.26. The van der Waals surface area contributed by atoms with Crippen molar-refractivity contribution in [1.82, 2.24) is 0 Å². The third-order valence-corrected chi connectivity index (χ3v) is 1.25. The van der Waals surface area contributed by atoms with E-state index in [2.05, 4.69) is 17.8 Å². The van der Waals surface area contributed by atoms with E-state index >= 15 is 0 Å². The van der Waals surface area contributed by atoms with Gasteiger partial charge in [-0.1, -0.05) is 12.8 Å². The Kier molecular flexibility index (Phi) is 6.18. The highest BCUT2D eigenvalue weighted by Crippen LogP contribution is 2.12. The zero-order chi connectivity index (χ0) is 7.33. The van der Waals surface area contributed by atoms with Crippen LogP contribution in [0.3, 0.4) is 0 Å². The van der Waals surface area contributed by atoms with Crippen LogP contribution in [0.25, 0.3) is 0 Å². The summed E-state index contributed by atoms with van der Waals surface area (Å²) in [7, 11) is 0. The number of nitrogens with zero attached hydrogens (tertiary/aromatic N) is 1. The van der Waals surface area contributed by atoms with Gasteiger partial charge in [0.2, 0.25) is 0 Å². The average molecular weight is 162 g/mol. The minimum absolute atomic E-state index is 0. The normalized spacial score (nSPS) is 13.7. The lowest BCUT2D eigenvalue weighted by Gasteiger charge is -2.17. The van der Waals surface area contributed by atoms with Crippen LogP contribution in [0, 0.1) is 12.3 Å². The van der Waals surface area contributed by atoms with Crippen LogP contribution in [0.2, 0.25) is 0 Å². The summed E-state index contributed by atoms with van der Waals surface area (Å²) in [6.07, 6.45) is 5.88. The Balaban J connectivity index is 0. The molecular weight excluding hydrogens is 150 g/mol. The smallest absolute Gasteiger partial charge is 0.194 e. The summed E-state index contributed by atoms with van der Waals surface area (Å²) in [4.78, 5) is 4.81. The maximum Gasteiger partial charge on any atom is 0.194 e. The van der Waals surface area contributed by atoms with E-state index in [0.29, 0.717) is 0 Å². The molecule has 0 bridgehead atoms. The maximum atomic E-state index is 5.14. The molecule has 0 aliphatic carbocycles. The van der Waals surface area contributed by atoms with E-state index in [1.54, 1.807) is 6.92 Å². The zero-order valence-corrected chi connectivity index (χ0v) is 7.07. The van der Waals surface area contributed by atoms with E-state index in [1.807, 2.05) is 6.92 Å². The predicted molar refractivity (Wildman–Crippen MR) is 45.4 cm³/mol. The van der Waals surface area contributed by atoms with Crippen LogP contribution in [-0.4, -0.2) is 12.3 Å². The molecule has 0 saturated carbocycles. The predicted octanol–water partition coefficient (Wildman–Crippen LogP) is 1.84. The Morgan fingerprint density at radius 2 is 2.30 bits per heavy atom. The van der Waals surface area contributed by atoms with Crippen molar-refractivity contribution in [2.45, 2.75) is 25.9 Å². The molecule has 0 aromatic carbocycles. The first-order valence-electron chi connectivity index (χ1n) is 2.80. The van der Waals surface area contributed by atoms with Crippen LogP contribution in [-0.2, 0) is 4.84 Å². The average Bonchev–Trinajstić information content (AvgIpc) is 1.89. The monoisotopic (exact) mass is 161 g/mol. The van der Waals surface area contributed by atoms with Crippen molar-refractivity contribution in [2.24, 2.45) is 5.16 Å². The van der Waals surface area contributed by atoms with E-state index in [0.717, 1.165) is 6.42 Å². The van der Waals surface area contributed by atoms with Crippen molar-refractivity contribution in [2.75, 3.05) is 0 Å². The minimum atomic E-state index is -0.568. The van der Waals surface area contributed by atoms with Crippen molar-refractivity contribution < 1.29 is 4.84 Å². The largest absolute Gasteiger partial charge is 0.377 e. The number of hydrogen-bond donors (Lipinski definition) is 0. The van der Waals surface area contributed by atoms with Crippen LogP contribution in [0.15, 0.2) is 5.16 Å². The van der Waals surface area contributed by atoms with E-state index in [1.165, 1.54) is 0 Å². The summed E-state index contributed by atoms with van der Waals surface area (Å²) in [6.45, 7) is 6.90. The fourth-order valence-electron chi connectivity index (χ4n) is 0.335. The third-order valence-electron chi connectivity index (χ3n) is 1.25. The van der Waals surface area contributed by atoms with Gasteiger partial charge >= 0.3 is 0 Å². The topological polar surface area (TPSA) is 21.6 Å². The second-order valence-electron chi connectivity index (χ2n) is 1.95. The van der Waals surface area contributed by atoms with Gasteiger partial charge in [-0.15, -0.1) is 24.0 Å². The Hall–Kier alpha value is -0.680. The molecule has 1 unspecified atom stereocenters. The molecule has 0 aliphatic heterocycles. The molecule has 0 radical (unpaired) electrons. The van der Waals surface area contributed by atoms with Crippen LogP contribution < -0.4 is 0 Å². The summed E-state index contributed by atoms with van der Waals surface area (Å²) in [5.41, 5.74) is -0.568. The van der Waals surface area contributed by atoms with E-state index < -0.39 is 5.60 Å². The molecule has 3 heteroatoms. The molecule has 0 N–H and O–H groups in total. The first-order valence-corrected chi connectivity index (χ1v) is 2.80. The molecule has 0 aromatic rings. The molecule has 0 saturated heterocycles. The van der Waals surface area contributed by atoms with Crippen LogP contribution in [0.5, 0.6) is 0 Å². The molecule has 0 spiro atoms. The van der Waals surface area contributed by atoms with Gasteiger partial charge in [0.05, 0.1) is 0 Å². The Labute approximate surface area is 68.0 Å². The fraction of sp³-hybridized carbons (Fsp3) is 0.571. The summed E-state index contributed by atoms with van der Waals surface area (Å²) >= 11 is 0. The molecule has 0 fully saturated rings. The van der Waals surface area contributed by atoms with E-state index in [-0.39, 0.29) is 12.4 Å². The zero-order valence-electron chi connectivity index (χ0n) is 6.26. The summed E-state index contributed by atoms with van der Waals surface area (Å²) in [6, 6.07) is 0. The van der Waals surface area contributed by atoms with Crippen LogP contribution in [0.1, 0.15) is 20.3 Å². The molecule has 58 valence electrons. The van der Waals surface area contributed by atoms with Gasteiger partial charge < -0.3 is 4.84 Å². The second kappa shape index (κ2) is 5.13. The third kappa shape index (κ3) is 3.37. The van der Waals surface area contributed by atoms with Crippen molar-refractivity contribution in [3.63, 3.8) is 0 Å². The van der Waals surface area contributed by atoms with Gasteiger partial charge in [-0.2, -0.15) is 0 Å². The SMILES string of the molecule is C#CC(C)(CC)ON=C.Cl. The molecule has 0 aliphatic rings. The Bertz CT molecular complexity index is 141. The van der Waals surface area contributed by atoms with Crippen molar-refractivity contribution in [1.29, 1.82) is 0 Å². The Morgan fingerprint density at radius 1 is 1.80 bits per heavy atom. The molecule has 10 heavy (non-hydrogen) atoms. The van der Waals surface area contributed by atoms with Gasteiger partial charge in [0.15, 0.2) is 5.60 Å². The van der Waals surface area contributed by atoms with Gasteiger partial charge in [-0.3, -0.25) is 0 Å². The molecule has 2 nitrogen and oxygen atoms in total. The first-order chi connectivity index (χ1) is 4.18. The summed E-state index contributed by atoms with van der Waals surface area (Å²) in [5.74, 6) is 2.47. The highest BCUT2D eigenvalue weighted by atomic mass is 35.5. The van der Waals surface area contributed by atoms with Gasteiger partial charge in [0, 0.05) is 6.72 Å². The minimum Gasteiger partial charge on any atom is -0.377 e. The number of halogens is 1. The van der Waals surface area contributed by atoms with Crippen LogP contribution >= 0.6 is 12.4 Å². The number of terminal acetylenes is 1. The lowest BCUT2D eigenvalue weighted by atomic mass is 10.1. The molecule has 1 atom stereocenters. The van der Waals surface area contributed by atoms with Crippen LogP contribution in [0.4, 0.5) is 0 Å². The van der Waals surface area contributed by atoms with Crippen molar-refractivity contribution in [3.8, 4) is 12.3 Å². The van der Waals surface area contributed by atoms with Crippen molar-refractivity contribution in [3.05, 3.63) is 0 Å². The lowest BCUT2D eigenvalue weighted by Crippen LogP contribution is -2.22. The van der Waals surface area contributed by atoms with Gasteiger partial charge in [0.1, 0.15) is 0 Å². The first kappa shape index (κ1) is 12.0. The van der Waals surface area contributed by atoms with Gasteiger partial charge in [0.25, 0.3) is 0 Å². The lowest BCUT2D eigenvalue weighted by molar-refractivity contribution is 0.0165. The fourth-order valence-corrected chi connectivity index (χ4v) is 0.335. The molecular formula is C7H12ClNO. The number of hydrogen-bond acceptors (Lipinski definition) is 2. The van der Waals surface area contributed by atoms with Crippen molar-refractivity contribution >= 4 is 19.1 Å². The second-order valence-corrected chi connectivity index (χ2v) is 1.95. The van der Waals surface area contributed by atoms with E-state index in [9.17, 15) is 0 Å². The molecule has 0 rings (SSSR count). The van der Waals surface area contributed by atoms with E-state index in [4.69, 9.17) is 11.3 Å². The highest BCUT2D eigenvalue weighted by molar-refractivity contribution is 5.85. The standard InChI is InChI=1S/C7H11NO.ClH/c1-5-7(3,6-2)9-8-4;/h1H,4,6H2,2-3H3;1H. The molecule has 0 aromatic heterocycles. The summed E-state index contributed by atoms with van der Waals surface area (Å²) < 4.78 is 0. The number of oxime groups is 1. The van der Waals surface area contributed by atoms with Gasteiger partial charge in [-0.25, -0.2) is 0 Å². The maximum absolute atomic E-state index is 5.14. The molecule has 0 heterocycles. The quantitative estimate of drug-likeness (QED) is 0.352. The Morgan fingerprint density at radius 3 is 2.40 bits per heavy atom. The van der Waals surface area contributed by atoms with Gasteiger partial charge in [-0.05, 0) is 13.3 Å². The highest BCUT2D eigenvalue weighted by Gasteiger charge is 2.19. The molecule has 0 amide bonds. The number of rotatable bonds is 3.